The van der Waals surface area contributed by atoms with Crippen LogP contribution >= 0.6 is 0 Å². The smallest absolute Gasteiger partial charge is 0.744 e. The minimum absolute atomic E-state index is 0. The van der Waals surface area contributed by atoms with Gasteiger partial charge in [0.25, 0.3) is 0 Å². The Morgan fingerprint density at radius 1 is 0.312 bits per heavy atom. The quantitative estimate of drug-likeness (QED) is 0.0925. The number of rotatable bonds is 8. The van der Waals surface area contributed by atoms with Crippen molar-refractivity contribution in [1.82, 2.24) is 0 Å². The van der Waals surface area contributed by atoms with Crippen LogP contribution < -0.4 is 118 Å². The largest absolute Gasteiger partial charge is 1.00 e. The van der Waals surface area contributed by atoms with Gasteiger partial charge in [-0.25, -0.2) is 33.7 Å². The van der Waals surface area contributed by atoms with Gasteiger partial charge < -0.3 is 18.2 Å². The van der Waals surface area contributed by atoms with Gasteiger partial charge in [-0.05, 0) is 46.5 Å². The van der Waals surface area contributed by atoms with E-state index in [9.17, 15) is 51.9 Å². The van der Waals surface area contributed by atoms with Crippen molar-refractivity contribution < 1.29 is 170 Å². The maximum absolute atomic E-state index is 11.2. The van der Waals surface area contributed by atoms with Crippen molar-refractivity contribution in [1.29, 1.82) is 0 Å². The molecule has 0 saturated carbocycles. The maximum atomic E-state index is 11.2. The Kier molecular flexibility index (Phi) is 22.5. The van der Waals surface area contributed by atoms with E-state index in [0.29, 0.717) is 0 Å². The molecule has 232 valence electrons. The molecule has 4 aromatic rings. The molecule has 20 heteroatoms. The van der Waals surface area contributed by atoms with Crippen LogP contribution in [-0.4, -0.2) is 51.9 Å². The first-order valence-corrected chi connectivity index (χ1v) is 17.6. The zero-order valence-corrected chi connectivity index (χ0v) is 37.3. The van der Waals surface area contributed by atoms with E-state index < -0.39 is 60.1 Å². The van der Waals surface area contributed by atoms with Gasteiger partial charge in [0.2, 0.25) is 0 Å². The Hall–Kier alpha value is 0.00000000000000178. The van der Waals surface area contributed by atoms with E-state index in [4.69, 9.17) is 0 Å². The van der Waals surface area contributed by atoms with Gasteiger partial charge in [0.1, 0.15) is 40.5 Å². The molecule has 48 heavy (non-hydrogen) atoms. The first kappa shape index (κ1) is 50.1. The van der Waals surface area contributed by atoms with Crippen LogP contribution in [0.15, 0.2) is 117 Å². The van der Waals surface area contributed by atoms with Gasteiger partial charge in [0.05, 0.1) is 19.6 Å². The fourth-order valence-corrected chi connectivity index (χ4v) is 6.42. The topological polar surface area (TPSA) is 229 Å². The molecule has 0 atom stereocenters. The second-order valence-corrected chi connectivity index (χ2v) is 14.0. The summed E-state index contributed by atoms with van der Waals surface area (Å²) in [5.74, 6) is 0. The van der Waals surface area contributed by atoms with Gasteiger partial charge in [-0.3, -0.25) is 0 Å². The summed E-state index contributed by atoms with van der Waals surface area (Å²) in [6.45, 7) is 0. The Morgan fingerprint density at radius 3 is 0.604 bits per heavy atom. The molecule has 0 aliphatic heterocycles. The van der Waals surface area contributed by atoms with Gasteiger partial charge in [-0.2, -0.15) is 0 Å². The minimum atomic E-state index is -4.66. The van der Waals surface area contributed by atoms with Crippen molar-refractivity contribution >= 4 is 64.8 Å². The van der Waals surface area contributed by atoms with Crippen LogP contribution in [0.2, 0.25) is 0 Å². The van der Waals surface area contributed by atoms with Crippen molar-refractivity contribution in [2.45, 2.75) is 19.6 Å². The van der Waals surface area contributed by atoms with Crippen molar-refractivity contribution in [2.75, 3.05) is 0 Å². The molecule has 0 aromatic heterocycles. The summed E-state index contributed by atoms with van der Waals surface area (Å²) in [7, 11) is -18.6. The van der Waals surface area contributed by atoms with Crippen LogP contribution in [0.1, 0.15) is 22.3 Å². The minimum Gasteiger partial charge on any atom is -0.744 e. The SMILES string of the molecule is O=S(=O)([O-])c1ccccc1C=Cc1ccccc1S(=O)(=O)[O-].O=S(=O)([O-])c1ccccc1C=Cc1ccccc1S(=O)(=O)[O-].[Na+].[Na+].[Na+].[Na+]. The average molecular weight is 769 g/mol. The first-order chi connectivity index (χ1) is 20.4. The molecule has 0 spiro atoms. The second-order valence-electron chi connectivity index (χ2n) is 8.63. The molecular formula is C28H20Na4O12S4. The van der Waals surface area contributed by atoms with E-state index in [-0.39, 0.29) is 140 Å². The van der Waals surface area contributed by atoms with E-state index in [1.807, 2.05) is 0 Å². The molecule has 0 bridgehead atoms. The van der Waals surface area contributed by atoms with Gasteiger partial charge in [0, 0.05) is 0 Å². The standard InChI is InChI=1S/2C14H12O6S2.4Na/c2*15-21(16,17)13-7-3-1-5-11(13)9-10-12-6-2-4-8-14(12)22(18,19)20;;;;/h2*1-10H,(H,15,16,17)(H,18,19,20);;;;/q;;4*+1/p-4. The molecule has 0 amide bonds. The molecule has 0 N–H and O–H groups in total. The summed E-state index contributed by atoms with van der Waals surface area (Å²) < 4.78 is 134. The zero-order chi connectivity index (χ0) is 32.8. The molecule has 4 rings (SSSR count). The van der Waals surface area contributed by atoms with Crippen molar-refractivity contribution in [2.24, 2.45) is 0 Å². The third-order valence-corrected chi connectivity index (χ3v) is 9.28. The number of hydrogen-bond acceptors (Lipinski definition) is 12. The summed E-state index contributed by atoms with van der Waals surface area (Å²) in [6.07, 6.45) is 5.09. The first-order valence-electron chi connectivity index (χ1n) is 11.9. The molecule has 12 nitrogen and oxygen atoms in total. The average Bonchev–Trinajstić information content (AvgIpc) is 2.94. The van der Waals surface area contributed by atoms with Crippen molar-refractivity contribution in [3.63, 3.8) is 0 Å². The Morgan fingerprint density at radius 2 is 0.458 bits per heavy atom. The summed E-state index contributed by atoms with van der Waals surface area (Å²) in [5, 5.41) is 0. The molecule has 4 aromatic carbocycles. The zero-order valence-electron chi connectivity index (χ0n) is 26.1. The van der Waals surface area contributed by atoms with E-state index in [1.165, 1.54) is 97.1 Å². The van der Waals surface area contributed by atoms with Gasteiger partial charge in [-0.15, -0.1) is 0 Å². The molecule has 0 unspecified atom stereocenters. The summed E-state index contributed by atoms with van der Waals surface area (Å²) >= 11 is 0. The molecule has 0 radical (unpaired) electrons. The second kappa shape index (κ2) is 21.5. The third kappa shape index (κ3) is 15.3. The maximum Gasteiger partial charge on any atom is 1.00 e. The van der Waals surface area contributed by atoms with E-state index in [0.717, 1.165) is 24.3 Å². The van der Waals surface area contributed by atoms with Crippen LogP contribution in [0.3, 0.4) is 0 Å². The van der Waals surface area contributed by atoms with Crippen molar-refractivity contribution in [3.05, 3.63) is 119 Å². The Labute approximate surface area is 368 Å². The molecule has 0 heterocycles. The van der Waals surface area contributed by atoms with Crippen LogP contribution in [0.5, 0.6) is 0 Å². The monoisotopic (exact) mass is 768 g/mol. The summed E-state index contributed by atoms with van der Waals surface area (Å²) in [6, 6.07) is 21.9. The Balaban J connectivity index is 0. The van der Waals surface area contributed by atoms with Crippen LogP contribution in [0, 0.1) is 0 Å². The van der Waals surface area contributed by atoms with E-state index in [1.54, 1.807) is 0 Å². The van der Waals surface area contributed by atoms with Crippen LogP contribution in [0.4, 0.5) is 0 Å². The molecular weight excluding hydrogens is 749 g/mol. The van der Waals surface area contributed by atoms with Crippen molar-refractivity contribution in [3.8, 4) is 0 Å². The normalized spacial score (nSPS) is 11.6. The number of hydrogen-bond donors (Lipinski definition) is 0. The third-order valence-electron chi connectivity index (χ3n) is 5.64. The number of benzene rings is 4. The molecule has 0 fully saturated rings. The van der Waals surface area contributed by atoms with E-state index >= 15 is 0 Å². The molecule has 0 aliphatic carbocycles. The molecule has 0 saturated heterocycles. The summed E-state index contributed by atoms with van der Waals surface area (Å²) in [4.78, 5) is -1.69. The predicted molar refractivity (Wildman–Crippen MR) is 155 cm³/mol. The van der Waals surface area contributed by atoms with Gasteiger partial charge in [0.15, 0.2) is 0 Å². The van der Waals surface area contributed by atoms with Gasteiger partial charge in [-0.1, -0.05) is 97.1 Å². The van der Waals surface area contributed by atoms with Gasteiger partial charge >= 0.3 is 118 Å². The summed E-state index contributed by atoms with van der Waals surface area (Å²) in [5.41, 5.74) is 0.428. The fraction of sp³-hybridized carbons (Fsp3) is 0. The van der Waals surface area contributed by atoms with E-state index in [2.05, 4.69) is 0 Å². The van der Waals surface area contributed by atoms with Crippen LogP contribution in [0.25, 0.3) is 24.3 Å². The van der Waals surface area contributed by atoms with Crippen LogP contribution in [-0.2, 0) is 40.5 Å². The predicted octanol–water partition coefficient (Wildman–Crippen LogP) is -8.65. The molecule has 0 aliphatic rings. The fourth-order valence-electron chi connectivity index (χ4n) is 3.74. The Bertz CT molecular complexity index is 1880.